The van der Waals surface area contributed by atoms with Gasteiger partial charge in [0.15, 0.2) is 0 Å². The molecule has 0 spiro atoms. The van der Waals surface area contributed by atoms with Crippen LogP contribution < -0.4 is 5.32 Å². The molecule has 0 aromatic heterocycles. The molecular formula is C16H16BrNO. The number of aryl methyl sites for hydroxylation is 1. The van der Waals surface area contributed by atoms with Crippen LogP contribution in [0.3, 0.4) is 0 Å². The summed E-state index contributed by atoms with van der Waals surface area (Å²) in [6.45, 7) is 2.04. The molecule has 2 nitrogen and oxygen atoms in total. The number of aliphatic hydroxyl groups excluding tert-OH is 1. The van der Waals surface area contributed by atoms with E-state index in [0.717, 1.165) is 27.7 Å². The molecule has 2 aromatic rings. The van der Waals surface area contributed by atoms with Gasteiger partial charge >= 0.3 is 0 Å². The van der Waals surface area contributed by atoms with Gasteiger partial charge in [0.2, 0.25) is 0 Å². The SMILES string of the molecule is Cc1cc(C(O)C2Cc3ccccc3N2)ccc1Br. The van der Waals surface area contributed by atoms with E-state index in [9.17, 15) is 5.11 Å². The Labute approximate surface area is 121 Å². The highest BCUT2D eigenvalue weighted by Crippen LogP contribution is 2.32. The zero-order valence-corrected chi connectivity index (χ0v) is 12.3. The smallest absolute Gasteiger partial charge is 0.0994 e. The Hall–Kier alpha value is -1.32. The molecule has 1 heterocycles. The average Bonchev–Trinajstić information content (AvgIpc) is 2.85. The molecule has 0 saturated heterocycles. The van der Waals surface area contributed by atoms with Crippen molar-refractivity contribution in [3.8, 4) is 0 Å². The summed E-state index contributed by atoms with van der Waals surface area (Å²) in [5.74, 6) is 0. The van der Waals surface area contributed by atoms with E-state index in [2.05, 4.69) is 33.4 Å². The molecule has 1 aliphatic rings. The minimum atomic E-state index is -0.487. The summed E-state index contributed by atoms with van der Waals surface area (Å²) in [7, 11) is 0. The third-order valence-corrected chi connectivity index (χ3v) is 4.59. The van der Waals surface area contributed by atoms with Crippen molar-refractivity contribution in [3.05, 3.63) is 63.6 Å². The summed E-state index contributed by atoms with van der Waals surface area (Å²) in [5, 5.41) is 13.9. The van der Waals surface area contributed by atoms with E-state index < -0.39 is 6.10 Å². The first kappa shape index (κ1) is 12.7. The molecule has 0 aliphatic carbocycles. The first-order valence-corrected chi connectivity index (χ1v) is 7.23. The molecule has 98 valence electrons. The van der Waals surface area contributed by atoms with Gasteiger partial charge in [-0.15, -0.1) is 0 Å². The van der Waals surface area contributed by atoms with Gasteiger partial charge in [-0.2, -0.15) is 0 Å². The lowest BCUT2D eigenvalue weighted by Gasteiger charge is -2.20. The standard InChI is InChI=1S/C16H16BrNO/c1-10-8-12(6-7-13(10)17)16(19)15-9-11-4-2-3-5-14(11)18-15/h2-8,15-16,18-19H,9H2,1H3. The van der Waals surface area contributed by atoms with Crippen LogP contribution in [0, 0.1) is 6.92 Å². The highest BCUT2D eigenvalue weighted by Gasteiger charge is 2.27. The Morgan fingerprint density at radius 1 is 1.26 bits per heavy atom. The quantitative estimate of drug-likeness (QED) is 0.882. The van der Waals surface area contributed by atoms with Gasteiger partial charge < -0.3 is 10.4 Å². The lowest BCUT2D eigenvalue weighted by Crippen LogP contribution is -2.24. The number of hydrogen-bond acceptors (Lipinski definition) is 2. The molecule has 2 atom stereocenters. The van der Waals surface area contributed by atoms with Crippen LogP contribution >= 0.6 is 15.9 Å². The van der Waals surface area contributed by atoms with Crippen molar-refractivity contribution >= 4 is 21.6 Å². The predicted octanol–water partition coefficient (Wildman–Crippen LogP) is 3.83. The molecule has 0 amide bonds. The van der Waals surface area contributed by atoms with Crippen LogP contribution in [0.25, 0.3) is 0 Å². The van der Waals surface area contributed by atoms with Gasteiger partial charge in [-0.1, -0.05) is 46.3 Å². The van der Waals surface area contributed by atoms with E-state index in [-0.39, 0.29) is 6.04 Å². The molecule has 2 aromatic carbocycles. The molecule has 2 unspecified atom stereocenters. The number of anilines is 1. The van der Waals surface area contributed by atoms with Gasteiger partial charge in [0.1, 0.15) is 0 Å². The highest BCUT2D eigenvalue weighted by molar-refractivity contribution is 9.10. The van der Waals surface area contributed by atoms with Crippen molar-refractivity contribution in [2.45, 2.75) is 25.5 Å². The lowest BCUT2D eigenvalue weighted by molar-refractivity contribution is 0.156. The van der Waals surface area contributed by atoms with Crippen LogP contribution in [-0.4, -0.2) is 11.1 Å². The van der Waals surface area contributed by atoms with E-state index >= 15 is 0 Å². The third-order valence-electron chi connectivity index (χ3n) is 3.70. The predicted molar refractivity (Wildman–Crippen MR) is 81.4 cm³/mol. The Kier molecular flexibility index (Phi) is 3.33. The van der Waals surface area contributed by atoms with E-state index in [1.807, 2.05) is 37.3 Å². The number of para-hydroxylation sites is 1. The number of benzene rings is 2. The van der Waals surface area contributed by atoms with E-state index in [1.165, 1.54) is 5.56 Å². The zero-order chi connectivity index (χ0) is 13.4. The Morgan fingerprint density at radius 3 is 2.79 bits per heavy atom. The van der Waals surface area contributed by atoms with Crippen LogP contribution in [0.1, 0.15) is 22.8 Å². The first-order chi connectivity index (χ1) is 9.15. The molecule has 0 fully saturated rings. The van der Waals surface area contributed by atoms with Gasteiger partial charge in [-0.05, 0) is 42.2 Å². The maximum atomic E-state index is 10.5. The summed E-state index contributed by atoms with van der Waals surface area (Å²) in [5.41, 5.74) is 4.53. The van der Waals surface area contributed by atoms with Gasteiger partial charge in [-0.25, -0.2) is 0 Å². The van der Waals surface area contributed by atoms with Crippen molar-refractivity contribution in [2.24, 2.45) is 0 Å². The van der Waals surface area contributed by atoms with Crippen LogP contribution in [0.15, 0.2) is 46.9 Å². The summed E-state index contributed by atoms with van der Waals surface area (Å²) in [6, 6.07) is 14.3. The molecule has 3 rings (SSSR count). The number of fused-ring (bicyclic) bond motifs is 1. The maximum absolute atomic E-state index is 10.5. The van der Waals surface area contributed by atoms with Crippen molar-refractivity contribution in [3.63, 3.8) is 0 Å². The number of nitrogens with one attached hydrogen (secondary N) is 1. The van der Waals surface area contributed by atoms with Crippen molar-refractivity contribution in [2.75, 3.05) is 5.32 Å². The van der Waals surface area contributed by atoms with Crippen LogP contribution in [0.5, 0.6) is 0 Å². The normalized spacial score (nSPS) is 18.8. The molecule has 2 N–H and O–H groups in total. The molecule has 0 saturated carbocycles. The van der Waals surface area contributed by atoms with Gasteiger partial charge in [0, 0.05) is 10.2 Å². The van der Waals surface area contributed by atoms with Gasteiger partial charge in [-0.3, -0.25) is 0 Å². The highest BCUT2D eigenvalue weighted by atomic mass is 79.9. The molecule has 0 bridgehead atoms. The second kappa shape index (κ2) is 4.99. The minimum Gasteiger partial charge on any atom is -0.386 e. The fourth-order valence-corrected chi connectivity index (χ4v) is 2.85. The summed E-state index contributed by atoms with van der Waals surface area (Å²) in [4.78, 5) is 0. The molecule has 0 radical (unpaired) electrons. The van der Waals surface area contributed by atoms with Crippen molar-refractivity contribution < 1.29 is 5.11 Å². The van der Waals surface area contributed by atoms with Crippen LogP contribution in [0.4, 0.5) is 5.69 Å². The number of rotatable bonds is 2. The number of hydrogen-bond donors (Lipinski definition) is 2. The second-order valence-corrected chi connectivity index (χ2v) is 5.92. The summed E-state index contributed by atoms with van der Waals surface area (Å²) < 4.78 is 1.08. The molecule has 3 heteroatoms. The Bertz CT molecular complexity index is 586. The zero-order valence-electron chi connectivity index (χ0n) is 10.7. The lowest BCUT2D eigenvalue weighted by atomic mass is 9.98. The molecule has 19 heavy (non-hydrogen) atoms. The monoisotopic (exact) mass is 317 g/mol. The van der Waals surface area contributed by atoms with Gasteiger partial charge in [0.25, 0.3) is 0 Å². The topological polar surface area (TPSA) is 32.3 Å². The average molecular weight is 318 g/mol. The molecular weight excluding hydrogens is 302 g/mol. The number of aliphatic hydroxyl groups is 1. The minimum absolute atomic E-state index is 0.0537. The van der Waals surface area contributed by atoms with E-state index in [1.54, 1.807) is 0 Å². The van der Waals surface area contributed by atoms with Crippen LogP contribution in [0.2, 0.25) is 0 Å². The van der Waals surface area contributed by atoms with E-state index in [0.29, 0.717) is 0 Å². The summed E-state index contributed by atoms with van der Waals surface area (Å²) >= 11 is 3.49. The fourth-order valence-electron chi connectivity index (χ4n) is 2.60. The second-order valence-electron chi connectivity index (χ2n) is 5.07. The Balaban J connectivity index is 1.82. The largest absolute Gasteiger partial charge is 0.386 e. The number of halogens is 1. The van der Waals surface area contributed by atoms with Gasteiger partial charge in [0.05, 0.1) is 12.1 Å². The van der Waals surface area contributed by atoms with Crippen molar-refractivity contribution in [1.29, 1.82) is 0 Å². The Morgan fingerprint density at radius 2 is 2.05 bits per heavy atom. The van der Waals surface area contributed by atoms with E-state index in [4.69, 9.17) is 0 Å². The maximum Gasteiger partial charge on any atom is 0.0994 e. The summed E-state index contributed by atoms with van der Waals surface area (Å²) in [6.07, 6.45) is 0.381. The van der Waals surface area contributed by atoms with Crippen molar-refractivity contribution in [1.82, 2.24) is 0 Å². The third kappa shape index (κ3) is 2.40. The fraction of sp³-hybridized carbons (Fsp3) is 0.250. The van der Waals surface area contributed by atoms with Crippen LogP contribution in [-0.2, 0) is 6.42 Å². The molecule has 1 aliphatic heterocycles. The first-order valence-electron chi connectivity index (χ1n) is 6.44.